The molecule has 0 fully saturated rings. The Morgan fingerprint density at radius 2 is 1.76 bits per heavy atom. The topological polar surface area (TPSA) is 54.9 Å². The molecule has 0 amide bonds. The Morgan fingerprint density at radius 1 is 1.24 bits per heavy atom. The van der Waals surface area contributed by atoms with Gasteiger partial charge in [-0.25, -0.2) is 9.97 Å². The molecule has 1 N–H and O–H groups in total. The number of nitrogens with zero attached hydrogens (tertiary/aromatic N) is 2. The van der Waals surface area contributed by atoms with Gasteiger partial charge in [0.1, 0.15) is 6.33 Å². The standard InChI is InChI=1S/C13H21N3O/c1-9(2)11(12(17)13(3,4)5)16-10-6-14-8-15-7-10/h6-9,11,16H,1-5H3/t11-/m0/s1. The number of nitrogens with one attached hydrogen (secondary N) is 1. The molecule has 1 aromatic rings. The molecule has 0 saturated heterocycles. The van der Waals surface area contributed by atoms with Crippen LogP contribution in [0.2, 0.25) is 0 Å². The number of rotatable bonds is 4. The molecule has 0 unspecified atom stereocenters. The highest BCUT2D eigenvalue weighted by Crippen LogP contribution is 2.22. The van der Waals surface area contributed by atoms with Gasteiger partial charge in [-0.05, 0) is 5.92 Å². The van der Waals surface area contributed by atoms with Crippen LogP contribution in [0.15, 0.2) is 18.7 Å². The molecule has 17 heavy (non-hydrogen) atoms. The summed E-state index contributed by atoms with van der Waals surface area (Å²) in [5.41, 5.74) is 0.432. The third kappa shape index (κ3) is 3.80. The fraction of sp³-hybridized carbons (Fsp3) is 0.615. The second-order valence-corrected chi connectivity index (χ2v) is 5.61. The second-order valence-electron chi connectivity index (χ2n) is 5.61. The van der Waals surface area contributed by atoms with Crippen molar-refractivity contribution in [3.63, 3.8) is 0 Å². The number of anilines is 1. The quantitative estimate of drug-likeness (QED) is 0.871. The molecule has 0 saturated carbocycles. The van der Waals surface area contributed by atoms with Crippen molar-refractivity contribution in [2.75, 3.05) is 5.32 Å². The Balaban J connectivity index is 2.85. The van der Waals surface area contributed by atoms with Gasteiger partial charge in [-0.15, -0.1) is 0 Å². The van der Waals surface area contributed by atoms with E-state index in [-0.39, 0.29) is 23.2 Å². The van der Waals surface area contributed by atoms with Crippen molar-refractivity contribution in [1.29, 1.82) is 0 Å². The molecule has 1 aromatic heterocycles. The van der Waals surface area contributed by atoms with E-state index in [1.807, 2.05) is 34.6 Å². The second kappa shape index (κ2) is 5.25. The van der Waals surface area contributed by atoms with Gasteiger partial charge in [0.15, 0.2) is 5.78 Å². The van der Waals surface area contributed by atoms with Gasteiger partial charge in [-0.2, -0.15) is 0 Å². The van der Waals surface area contributed by atoms with Crippen molar-refractivity contribution < 1.29 is 4.79 Å². The highest BCUT2D eigenvalue weighted by Gasteiger charge is 2.31. The van der Waals surface area contributed by atoms with Crippen molar-refractivity contribution in [1.82, 2.24) is 9.97 Å². The SMILES string of the molecule is CC(C)[C@H](Nc1cncnc1)C(=O)C(C)(C)C. The van der Waals surface area contributed by atoms with Crippen LogP contribution in [0.5, 0.6) is 0 Å². The Morgan fingerprint density at radius 3 is 2.18 bits per heavy atom. The minimum absolute atomic E-state index is 0.205. The van der Waals surface area contributed by atoms with Gasteiger partial charge < -0.3 is 5.32 Å². The number of aromatic nitrogens is 2. The van der Waals surface area contributed by atoms with Crippen LogP contribution in [-0.2, 0) is 4.79 Å². The predicted octanol–water partition coefficient (Wildman–Crippen LogP) is 2.53. The molecule has 0 spiro atoms. The van der Waals surface area contributed by atoms with Crippen molar-refractivity contribution in [2.24, 2.45) is 11.3 Å². The van der Waals surface area contributed by atoms with Crippen molar-refractivity contribution in [3.8, 4) is 0 Å². The molecule has 4 nitrogen and oxygen atoms in total. The zero-order chi connectivity index (χ0) is 13.1. The molecule has 0 aliphatic carbocycles. The average Bonchev–Trinajstić information content (AvgIpc) is 2.24. The van der Waals surface area contributed by atoms with E-state index in [9.17, 15) is 4.79 Å². The maximum Gasteiger partial charge on any atom is 0.160 e. The maximum atomic E-state index is 12.3. The lowest BCUT2D eigenvalue weighted by Crippen LogP contribution is -2.41. The maximum absolute atomic E-state index is 12.3. The van der Waals surface area contributed by atoms with Gasteiger partial charge in [0.05, 0.1) is 24.1 Å². The summed E-state index contributed by atoms with van der Waals surface area (Å²) in [5, 5.41) is 3.21. The third-order valence-electron chi connectivity index (χ3n) is 2.57. The first kappa shape index (κ1) is 13.6. The lowest BCUT2D eigenvalue weighted by atomic mass is 9.82. The van der Waals surface area contributed by atoms with Gasteiger partial charge in [0.25, 0.3) is 0 Å². The summed E-state index contributed by atoms with van der Waals surface area (Å²) in [6.45, 7) is 9.88. The van der Waals surface area contributed by atoms with Crippen LogP contribution in [0.4, 0.5) is 5.69 Å². The molecule has 1 rings (SSSR count). The number of carbonyl (C=O) groups excluding carboxylic acids is 1. The largest absolute Gasteiger partial charge is 0.373 e. The molecule has 0 aliphatic heterocycles. The number of Topliss-reactive ketones (excluding diaryl/α,β-unsaturated/α-hetero) is 1. The minimum atomic E-state index is -0.350. The highest BCUT2D eigenvalue weighted by molar-refractivity contribution is 5.91. The molecular formula is C13H21N3O. The zero-order valence-corrected chi connectivity index (χ0v) is 11.2. The average molecular weight is 235 g/mol. The summed E-state index contributed by atoms with van der Waals surface area (Å²) in [6.07, 6.45) is 4.83. The molecule has 4 heteroatoms. The Kier molecular flexibility index (Phi) is 4.21. The Labute approximate surface area is 103 Å². The molecule has 1 heterocycles. The van der Waals surface area contributed by atoms with Crippen molar-refractivity contribution in [3.05, 3.63) is 18.7 Å². The predicted molar refractivity (Wildman–Crippen MR) is 68.7 cm³/mol. The van der Waals surface area contributed by atoms with E-state index >= 15 is 0 Å². The lowest BCUT2D eigenvalue weighted by molar-refractivity contribution is -0.127. The summed E-state index contributed by atoms with van der Waals surface area (Å²) in [6, 6.07) is -0.207. The van der Waals surface area contributed by atoms with Crippen LogP contribution in [0.25, 0.3) is 0 Å². The van der Waals surface area contributed by atoms with Crippen molar-refractivity contribution >= 4 is 11.5 Å². The molecule has 94 valence electrons. The first-order chi connectivity index (χ1) is 7.82. The van der Waals surface area contributed by atoms with Crippen LogP contribution in [0.3, 0.4) is 0 Å². The summed E-state index contributed by atoms with van der Waals surface area (Å²) in [5.74, 6) is 0.429. The molecule has 1 atom stereocenters. The van der Waals surface area contributed by atoms with Crippen LogP contribution >= 0.6 is 0 Å². The fourth-order valence-corrected chi connectivity index (χ4v) is 1.55. The van der Waals surface area contributed by atoms with Crippen LogP contribution in [0, 0.1) is 11.3 Å². The van der Waals surface area contributed by atoms with Gasteiger partial charge >= 0.3 is 0 Å². The molecule has 0 aromatic carbocycles. The summed E-state index contributed by atoms with van der Waals surface area (Å²) < 4.78 is 0. The summed E-state index contributed by atoms with van der Waals surface area (Å²) >= 11 is 0. The zero-order valence-electron chi connectivity index (χ0n) is 11.2. The summed E-state index contributed by atoms with van der Waals surface area (Å²) in [4.78, 5) is 20.2. The van der Waals surface area contributed by atoms with Gasteiger partial charge in [0.2, 0.25) is 0 Å². The van der Waals surface area contributed by atoms with Gasteiger partial charge in [-0.1, -0.05) is 34.6 Å². The van der Waals surface area contributed by atoms with E-state index < -0.39 is 0 Å². The first-order valence-electron chi connectivity index (χ1n) is 5.88. The van der Waals surface area contributed by atoms with Crippen LogP contribution in [0.1, 0.15) is 34.6 Å². The van der Waals surface area contributed by atoms with E-state index in [0.29, 0.717) is 0 Å². The van der Waals surface area contributed by atoms with Gasteiger partial charge in [-0.3, -0.25) is 4.79 Å². The number of ketones is 1. The van der Waals surface area contributed by atoms with E-state index in [2.05, 4.69) is 15.3 Å². The normalized spacial score (nSPS) is 13.5. The molecule has 0 aliphatic rings. The number of hydrogen-bond acceptors (Lipinski definition) is 4. The van der Waals surface area contributed by atoms with E-state index in [1.165, 1.54) is 6.33 Å². The highest BCUT2D eigenvalue weighted by atomic mass is 16.1. The lowest BCUT2D eigenvalue weighted by Gasteiger charge is -2.28. The van der Waals surface area contributed by atoms with E-state index in [4.69, 9.17) is 0 Å². The molecule has 0 bridgehead atoms. The number of hydrogen-bond donors (Lipinski definition) is 1. The minimum Gasteiger partial charge on any atom is -0.373 e. The van der Waals surface area contributed by atoms with Crippen LogP contribution in [-0.4, -0.2) is 21.8 Å². The van der Waals surface area contributed by atoms with E-state index in [1.54, 1.807) is 12.4 Å². The van der Waals surface area contributed by atoms with Crippen molar-refractivity contribution in [2.45, 2.75) is 40.7 Å². The smallest absolute Gasteiger partial charge is 0.160 e. The van der Waals surface area contributed by atoms with E-state index in [0.717, 1.165) is 5.69 Å². The van der Waals surface area contributed by atoms with Crippen LogP contribution < -0.4 is 5.32 Å². The Hall–Kier alpha value is -1.45. The molecular weight excluding hydrogens is 214 g/mol. The summed E-state index contributed by atoms with van der Waals surface area (Å²) in [7, 11) is 0. The number of carbonyl (C=O) groups is 1. The molecule has 0 radical (unpaired) electrons. The Bertz CT molecular complexity index is 368. The third-order valence-corrected chi connectivity index (χ3v) is 2.57. The fourth-order valence-electron chi connectivity index (χ4n) is 1.55. The monoisotopic (exact) mass is 235 g/mol. The first-order valence-corrected chi connectivity index (χ1v) is 5.88. The van der Waals surface area contributed by atoms with Gasteiger partial charge in [0, 0.05) is 5.41 Å².